The van der Waals surface area contributed by atoms with Crippen molar-refractivity contribution in [3.63, 3.8) is 0 Å². The van der Waals surface area contributed by atoms with E-state index in [9.17, 15) is 22.8 Å². The number of hydrogen-bond donors (Lipinski definition) is 4. The van der Waals surface area contributed by atoms with E-state index in [4.69, 9.17) is 27.2 Å². The Labute approximate surface area is 192 Å². The Bertz CT molecular complexity index is 1080. The van der Waals surface area contributed by atoms with Gasteiger partial charge in [0, 0.05) is 35.5 Å². The van der Waals surface area contributed by atoms with E-state index in [2.05, 4.69) is 10.6 Å². The molecule has 0 spiro atoms. The van der Waals surface area contributed by atoms with Crippen LogP contribution in [0, 0.1) is 0 Å². The molecule has 5 N–H and O–H groups in total. The molecule has 0 radical (unpaired) electrons. The van der Waals surface area contributed by atoms with Crippen LogP contribution in [0.5, 0.6) is 0 Å². The molecule has 7 nitrogen and oxygen atoms in total. The standard InChI is InChI=1S/C20H20ClN3O2.C2HF3O2/c1-12-17(8-9-19(12)25)24-18-7-4-14(10-16(18)21)20(26)23-15-5-2-13(11-22)3-6-15;3-2(4,5)1(6)7/h2-7,10,24H,8-9,11,22H2,1H3,(H,23,26);(H,6,7). The van der Waals surface area contributed by atoms with Crippen molar-refractivity contribution < 1.29 is 32.7 Å². The summed E-state index contributed by atoms with van der Waals surface area (Å²) >= 11 is 6.31. The Morgan fingerprint density at radius 1 is 1.12 bits per heavy atom. The van der Waals surface area contributed by atoms with Crippen molar-refractivity contribution >= 4 is 40.6 Å². The molecule has 2 aromatic carbocycles. The number of amides is 1. The Morgan fingerprint density at radius 3 is 2.18 bits per heavy atom. The molecule has 0 saturated carbocycles. The number of rotatable bonds is 5. The van der Waals surface area contributed by atoms with Crippen molar-refractivity contribution in [3.8, 4) is 0 Å². The molecular weight excluding hydrogens is 463 g/mol. The van der Waals surface area contributed by atoms with Gasteiger partial charge in [0.25, 0.3) is 5.91 Å². The van der Waals surface area contributed by atoms with Gasteiger partial charge in [-0.1, -0.05) is 23.7 Å². The van der Waals surface area contributed by atoms with E-state index in [1.807, 2.05) is 31.2 Å². The highest BCUT2D eigenvalue weighted by molar-refractivity contribution is 6.33. The van der Waals surface area contributed by atoms with Crippen LogP contribution in [0.2, 0.25) is 5.02 Å². The van der Waals surface area contributed by atoms with E-state index < -0.39 is 12.1 Å². The smallest absolute Gasteiger partial charge is 0.475 e. The predicted molar refractivity (Wildman–Crippen MR) is 118 cm³/mol. The Kier molecular flexibility index (Phi) is 8.61. The third kappa shape index (κ3) is 7.33. The number of nitrogens with two attached hydrogens (primary N) is 1. The molecule has 33 heavy (non-hydrogen) atoms. The van der Waals surface area contributed by atoms with Crippen LogP contribution in [0.3, 0.4) is 0 Å². The van der Waals surface area contributed by atoms with Crippen LogP contribution in [0.25, 0.3) is 0 Å². The molecule has 0 heterocycles. The lowest BCUT2D eigenvalue weighted by atomic mass is 10.1. The molecule has 1 amide bonds. The van der Waals surface area contributed by atoms with Gasteiger partial charge in [-0.2, -0.15) is 13.2 Å². The first-order valence-electron chi connectivity index (χ1n) is 9.62. The Hall–Kier alpha value is -3.37. The van der Waals surface area contributed by atoms with Crippen LogP contribution >= 0.6 is 11.6 Å². The number of nitrogens with one attached hydrogen (secondary N) is 2. The van der Waals surface area contributed by atoms with Crippen molar-refractivity contribution in [1.29, 1.82) is 0 Å². The average molecular weight is 484 g/mol. The summed E-state index contributed by atoms with van der Waals surface area (Å²) in [6.07, 6.45) is -3.88. The minimum Gasteiger partial charge on any atom is -0.475 e. The van der Waals surface area contributed by atoms with Crippen LogP contribution in [0.15, 0.2) is 53.7 Å². The van der Waals surface area contributed by atoms with Gasteiger partial charge in [-0.3, -0.25) is 9.59 Å². The maximum absolute atomic E-state index is 12.4. The van der Waals surface area contributed by atoms with Gasteiger partial charge < -0.3 is 21.5 Å². The number of ketones is 1. The molecule has 1 aliphatic carbocycles. The summed E-state index contributed by atoms with van der Waals surface area (Å²) in [5, 5.41) is 13.6. The van der Waals surface area contributed by atoms with E-state index in [0.717, 1.165) is 16.8 Å². The fourth-order valence-corrected chi connectivity index (χ4v) is 3.01. The molecule has 2 aromatic rings. The minimum absolute atomic E-state index is 0.153. The number of alkyl halides is 3. The number of Topliss-reactive ketones (excluding diaryl/α,β-unsaturated/α-hetero) is 1. The largest absolute Gasteiger partial charge is 0.490 e. The molecule has 0 saturated heterocycles. The van der Waals surface area contributed by atoms with Gasteiger partial charge in [-0.25, -0.2) is 4.79 Å². The van der Waals surface area contributed by atoms with Crippen LogP contribution in [-0.2, 0) is 16.1 Å². The second-order valence-electron chi connectivity index (χ2n) is 7.00. The molecule has 0 bridgehead atoms. The maximum atomic E-state index is 12.4. The summed E-state index contributed by atoms with van der Waals surface area (Å²) in [5.74, 6) is -2.85. The van der Waals surface area contributed by atoms with E-state index in [0.29, 0.717) is 41.3 Å². The number of carbonyl (C=O) groups excluding carboxylic acids is 2. The lowest BCUT2D eigenvalue weighted by Gasteiger charge is -2.12. The monoisotopic (exact) mass is 483 g/mol. The number of halogens is 4. The normalized spacial score (nSPS) is 13.3. The summed E-state index contributed by atoms with van der Waals surface area (Å²) in [6, 6.07) is 12.4. The second-order valence-corrected chi connectivity index (χ2v) is 7.41. The van der Waals surface area contributed by atoms with Gasteiger partial charge in [0.1, 0.15) is 0 Å². The van der Waals surface area contributed by atoms with Crippen molar-refractivity contribution in [2.45, 2.75) is 32.5 Å². The fraction of sp³-hybridized carbons (Fsp3) is 0.227. The van der Waals surface area contributed by atoms with Crippen molar-refractivity contribution in [2.75, 3.05) is 10.6 Å². The minimum atomic E-state index is -5.08. The van der Waals surface area contributed by atoms with Crippen LogP contribution in [-0.4, -0.2) is 28.9 Å². The molecule has 0 aromatic heterocycles. The van der Waals surface area contributed by atoms with E-state index in [1.165, 1.54) is 0 Å². The number of hydrogen-bond acceptors (Lipinski definition) is 5. The van der Waals surface area contributed by atoms with Crippen molar-refractivity contribution in [1.82, 2.24) is 0 Å². The topological polar surface area (TPSA) is 122 Å². The van der Waals surface area contributed by atoms with Crippen molar-refractivity contribution in [3.05, 3.63) is 69.9 Å². The quantitative estimate of drug-likeness (QED) is 0.487. The summed E-state index contributed by atoms with van der Waals surface area (Å²) < 4.78 is 31.7. The number of allylic oxidation sites excluding steroid dienone is 2. The van der Waals surface area contributed by atoms with Gasteiger partial charge in [-0.15, -0.1) is 0 Å². The second kappa shape index (κ2) is 11.0. The molecule has 0 unspecified atom stereocenters. The number of anilines is 2. The third-order valence-corrected chi connectivity index (χ3v) is 4.99. The molecule has 0 atom stereocenters. The maximum Gasteiger partial charge on any atom is 0.490 e. The molecule has 1 aliphatic rings. The Balaban J connectivity index is 0.000000479. The van der Waals surface area contributed by atoms with Crippen molar-refractivity contribution in [2.24, 2.45) is 5.73 Å². The van der Waals surface area contributed by atoms with Gasteiger partial charge in [0.15, 0.2) is 5.78 Å². The fourth-order valence-electron chi connectivity index (χ4n) is 2.79. The first-order valence-corrected chi connectivity index (χ1v) is 10.00. The lowest BCUT2D eigenvalue weighted by molar-refractivity contribution is -0.192. The molecule has 0 aliphatic heterocycles. The zero-order chi connectivity index (χ0) is 24.8. The van der Waals surface area contributed by atoms with E-state index in [1.54, 1.807) is 18.2 Å². The lowest BCUT2D eigenvalue weighted by Crippen LogP contribution is -2.21. The average Bonchev–Trinajstić information content (AvgIpc) is 3.07. The van der Waals surface area contributed by atoms with Gasteiger partial charge >= 0.3 is 12.1 Å². The van der Waals surface area contributed by atoms with Crippen LogP contribution < -0.4 is 16.4 Å². The van der Waals surface area contributed by atoms with E-state index >= 15 is 0 Å². The Morgan fingerprint density at radius 2 is 1.73 bits per heavy atom. The summed E-state index contributed by atoms with van der Waals surface area (Å²) in [6.45, 7) is 2.27. The zero-order valence-corrected chi connectivity index (χ0v) is 18.2. The molecule has 11 heteroatoms. The highest BCUT2D eigenvalue weighted by Gasteiger charge is 2.38. The molecule has 176 valence electrons. The number of carboxylic acid groups (broad SMARTS) is 1. The van der Waals surface area contributed by atoms with Gasteiger partial charge in [-0.05, 0) is 49.2 Å². The van der Waals surface area contributed by atoms with Gasteiger partial charge in [0.05, 0.1) is 10.7 Å². The first kappa shape index (κ1) is 25.9. The molecule has 0 fully saturated rings. The first-order chi connectivity index (χ1) is 15.4. The zero-order valence-electron chi connectivity index (χ0n) is 17.4. The highest BCUT2D eigenvalue weighted by atomic mass is 35.5. The number of carboxylic acids is 1. The number of benzene rings is 2. The molecular formula is C22H21ClF3N3O4. The highest BCUT2D eigenvalue weighted by Crippen LogP contribution is 2.29. The summed E-state index contributed by atoms with van der Waals surface area (Å²) in [4.78, 5) is 32.9. The van der Waals surface area contributed by atoms with Gasteiger partial charge in [0.2, 0.25) is 0 Å². The predicted octanol–water partition coefficient (Wildman–Crippen LogP) is 4.73. The van der Waals surface area contributed by atoms with Crippen LogP contribution in [0.4, 0.5) is 24.5 Å². The molecule has 3 rings (SSSR count). The van der Waals surface area contributed by atoms with E-state index in [-0.39, 0.29) is 11.7 Å². The number of carbonyl (C=O) groups is 3. The number of aliphatic carboxylic acids is 1. The SMILES string of the molecule is CC1=C(Nc2ccc(C(=O)Nc3ccc(CN)cc3)cc2Cl)CCC1=O.O=C(O)C(F)(F)F. The van der Waals surface area contributed by atoms with Crippen LogP contribution in [0.1, 0.15) is 35.7 Å². The third-order valence-electron chi connectivity index (χ3n) is 4.68. The summed E-state index contributed by atoms with van der Waals surface area (Å²) in [5.41, 5.74) is 10.0. The summed E-state index contributed by atoms with van der Waals surface area (Å²) in [7, 11) is 0.